The molecule has 28 heavy (non-hydrogen) atoms. The average molecular weight is 419 g/mol. The highest BCUT2D eigenvalue weighted by molar-refractivity contribution is 7.99. The van der Waals surface area contributed by atoms with Crippen molar-refractivity contribution in [1.82, 2.24) is 20.1 Å². The molecule has 0 aliphatic carbocycles. The van der Waals surface area contributed by atoms with Gasteiger partial charge in [0.15, 0.2) is 22.5 Å². The van der Waals surface area contributed by atoms with Crippen LogP contribution in [0.15, 0.2) is 40.9 Å². The Hall–Kier alpha value is -2.52. The number of benzene rings is 1. The van der Waals surface area contributed by atoms with Crippen LogP contribution in [-0.4, -0.2) is 47.2 Å². The third-order valence-corrected chi connectivity index (χ3v) is 5.98. The summed E-state index contributed by atoms with van der Waals surface area (Å²) in [6, 6.07) is 9.74. The number of amides is 1. The summed E-state index contributed by atoms with van der Waals surface area (Å²) in [5.74, 6) is 2.45. The molecule has 1 aromatic carbocycles. The van der Waals surface area contributed by atoms with Crippen LogP contribution in [0.2, 0.25) is 0 Å². The van der Waals surface area contributed by atoms with Gasteiger partial charge in [-0.15, -0.1) is 21.5 Å². The molecule has 1 amide bonds. The molecule has 0 bridgehead atoms. The summed E-state index contributed by atoms with van der Waals surface area (Å²) in [4.78, 5) is 13.2. The number of aromatic nitrogens is 3. The Balaban J connectivity index is 1.47. The van der Waals surface area contributed by atoms with E-state index in [4.69, 9.17) is 9.47 Å². The SMILES string of the molecule is COc1ccc(CCNC(=O)CSc2nnc(-c3cccs3)n2C)cc1OC. The van der Waals surface area contributed by atoms with Crippen molar-refractivity contribution >= 4 is 29.0 Å². The monoisotopic (exact) mass is 418 g/mol. The lowest BCUT2D eigenvalue weighted by molar-refractivity contribution is -0.118. The number of nitrogens with one attached hydrogen (secondary N) is 1. The van der Waals surface area contributed by atoms with E-state index in [1.807, 2.05) is 47.3 Å². The van der Waals surface area contributed by atoms with E-state index >= 15 is 0 Å². The van der Waals surface area contributed by atoms with Crippen LogP contribution in [0.25, 0.3) is 10.7 Å². The van der Waals surface area contributed by atoms with E-state index in [0.717, 1.165) is 21.4 Å². The quantitative estimate of drug-likeness (QED) is 0.538. The average Bonchev–Trinajstić information content (AvgIpc) is 3.36. The van der Waals surface area contributed by atoms with Crippen molar-refractivity contribution < 1.29 is 14.3 Å². The molecular weight excluding hydrogens is 396 g/mol. The second kappa shape index (κ2) is 9.61. The third kappa shape index (κ3) is 4.85. The van der Waals surface area contributed by atoms with Gasteiger partial charge in [0.25, 0.3) is 0 Å². The lowest BCUT2D eigenvalue weighted by Gasteiger charge is -2.10. The van der Waals surface area contributed by atoms with Crippen molar-refractivity contribution in [1.29, 1.82) is 0 Å². The highest BCUT2D eigenvalue weighted by Crippen LogP contribution is 2.28. The van der Waals surface area contributed by atoms with E-state index in [1.54, 1.807) is 25.6 Å². The molecule has 0 unspecified atom stereocenters. The summed E-state index contributed by atoms with van der Waals surface area (Å²) < 4.78 is 12.4. The zero-order valence-corrected chi connectivity index (χ0v) is 17.6. The van der Waals surface area contributed by atoms with Crippen LogP contribution >= 0.6 is 23.1 Å². The molecule has 9 heteroatoms. The van der Waals surface area contributed by atoms with Gasteiger partial charge < -0.3 is 19.4 Å². The van der Waals surface area contributed by atoms with Gasteiger partial charge in [-0.3, -0.25) is 4.79 Å². The highest BCUT2D eigenvalue weighted by Gasteiger charge is 2.13. The molecule has 148 valence electrons. The number of hydrogen-bond donors (Lipinski definition) is 1. The molecule has 3 aromatic rings. The first kappa shape index (κ1) is 20.2. The van der Waals surface area contributed by atoms with Gasteiger partial charge in [-0.2, -0.15) is 0 Å². The zero-order chi connectivity index (χ0) is 19.9. The van der Waals surface area contributed by atoms with Gasteiger partial charge in [0.05, 0.1) is 24.8 Å². The Kier molecular flexibility index (Phi) is 6.94. The van der Waals surface area contributed by atoms with E-state index in [2.05, 4.69) is 15.5 Å². The van der Waals surface area contributed by atoms with Crippen molar-refractivity contribution in [3.63, 3.8) is 0 Å². The van der Waals surface area contributed by atoms with Crippen LogP contribution in [0.4, 0.5) is 0 Å². The number of ether oxygens (including phenoxy) is 2. The Labute approximate surface area is 172 Å². The molecule has 2 aromatic heterocycles. The van der Waals surface area contributed by atoms with Gasteiger partial charge in [0.1, 0.15) is 0 Å². The van der Waals surface area contributed by atoms with Gasteiger partial charge in [-0.05, 0) is 35.6 Å². The summed E-state index contributed by atoms with van der Waals surface area (Å²) >= 11 is 2.99. The van der Waals surface area contributed by atoms with Crippen molar-refractivity contribution in [3.8, 4) is 22.2 Å². The first-order valence-electron chi connectivity index (χ1n) is 8.66. The number of thioether (sulfide) groups is 1. The summed E-state index contributed by atoms with van der Waals surface area (Å²) in [7, 11) is 5.12. The fourth-order valence-electron chi connectivity index (χ4n) is 2.62. The molecule has 0 radical (unpaired) electrons. The maximum absolute atomic E-state index is 12.1. The second-order valence-electron chi connectivity index (χ2n) is 5.92. The van der Waals surface area contributed by atoms with E-state index in [-0.39, 0.29) is 5.91 Å². The number of hydrogen-bond acceptors (Lipinski definition) is 7. The molecule has 0 aliphatic rings. The second-order valence-corrected chi connectivity index (χ2v) is 7.81. The largest absolute Gasteiger partial charge is 0.493 e. The molecule has 3 rings (SSSR count). The topological polar surface area (TPSA) is 78.3 Å². The molecule has 0 spiro atoms. The Morgan fingerprint density at radius 3 is 2.75 bits per heavy atom. The molecule has 0 saturated carbocycles. The minimum atomic E-state index is -0.0360. The molecule has 1 N–H and O–H groups in total. The minimum Gasteiger partial charge on any atom is -0.493 e. The predicted octanol–water partition coefficient (Wildman–Crippen LogP) is 3.01. The van der Waals surface area contributed by atoms with E-state index in [9.17, 15) is 4.79 Å². The molecule has 0 aliphatic heterocycles. The summed E-state index contributed by atoms with van der Waals surface area (Å²) in [5, 5.41) is 14.1. The number of nitrogens with zero attached hydrogens (tertiary/aromatic N) is 3. The fourth-order valence-corrected chi connectivity index (χ4v) is 4.11. The van der Waals surface area contributed by atoms with Gasteiger partial charge in [-0.25, -0.2) is 0 Å². The highest BCUT2D eigenvalue weighted by atomic mass is 32.2. The molecule has 7 nitrogen and oxygen atoms in total. The van der Waals surface area contributed by atoms with Crippen molar-refractivity contribution in [2.24, 2.45) is 7.05 Å². The zero-order valence-electron chi connectivity index (χ0n) is 16.0. The number of thiophene rings is 1. The third-order valence-electron chi connectivity index (χ3n) is 4.09. The first-order chi connectivity index (χ1) is 13.6. The van der Waals surface area contributed by atoms with E-state index < -0.39 is 0 Å². The lowest BCUT2D eigenvalue weighted by Crippen LogP contribution is -2.27. The summed E-state index contributed by atoms with van der Waals surface area (Å²) in [6.07, 6.45) is 0.712. The van der Waals surface area contributed by atoms with E-state index in [0.29, 0.717) is 30.2 Å². The van der Waals surface area contributed by atoms with E-state index in [1.165, 1.54) is 11.8 Å². The van der Waals surface area contributed by atoms with Crippen LogP contribution in [0, 0.1) is 0 Å². The molecule has 0 atom stereocenters. The van der Waals surface area contributed by atoms with Gasteiger partial charge in [-0.1, -0.05) is 23.9 Å². The van der Waals surface area contributed by atoms with Crippen molar-refractivity contribution in [2.75, 3.05) is 26.5 Å². The first-order valence-corrected chi connectivity index (χ1v) is 10.5. The van der Waals surface area contributed by atoms with Crippen LogP contribution in [0.1, 0.15) is 5.56 Å². The molecular formula is C19H22N4O3S2. The summed E-state index contributed by atoms with van der Waals surface area (Å²) in [5.41, 5.74) is 1.07. The van der Waals surface area contributed by atoms with Crippen LogP contribution in [0.3, 0.4) is 0 Å². The lowest BCUT2D eigenvalue weighted by atomic mass is 10.1. The Morgan fingerprint density at radius 2 is 2.04 bits per heavy atom. The van der Waals surface area contributed by atoms with Crippen LogP contribution in [-0.2, 0) is 18.3 Å². The minimum absolute atomic E-state index is 0.0360. The van der Waals surface area contributed by atoms with Gasteiger partial charge in [0.2, 0.25) is 5.91 Å². The molecule has 2 heterocycles. The number of rotatable bonds is 9. The normalized spacial score (nSPS) is 10.7. The molecule has 0 fully saturated rings. The Bertz CT molecular complexity index is 925. The van der Waals surface area contributed by atoms with Crippen LogP contribution in [0.5, 0.6) is 11.5 Å². The number of methoxy groups -OCH3 is 2. The summed E-state index contributed by atoms with van der Waals surface area (Å²) in [6.45, 7) is 0.550. The van der Waals surface area contributed by atoms with Gasteiger partial charge >= 0.3 is 0 Å². The fraction of sp³-hybridized carbons (Fsp3) is 0.316. The number of carbonyl (C=O) groups is 1. The van der Waals surface area contributed by atoms with Crippen LogP contribution < -0.4 is 14.8 Å². The molecule has 0 saturated heterocycles. The van der Waals surface area contributed by atoms with Crippen molar-refractivity contribution in [2.45, 2.75) is 11.6 Å². The Morgan fingerprint density at radius 1 is 1.21 bits per heavy atom. The number of carbonyl (C=O) groups excluding carboxylic acids is 1. The smallest absolute Gasteiger partial charge is 0.230 e. The maximum Gasteiger partial charge on any atom is 0.230 e. The standard InChI is InChI=1S/C19H22N4O3S2/c1-23-18(16-5-4-10-27-16)21-22-19(23)28-12-17(24)20-9-8-13-6-7-14(25-2)15(11-13)26-3/h4-7,10-11H,8-9,12H2,1-3H3,(H,20,24). The predicted molar refractivity (Wildman–Crippen MR) is 111 cm³/mol. The maximum atomic E-state index is 12.1. The van der Waals surface area contributed by atoms with Crippen molar-refractivity contribution in [3.05, 3.63) is 41.3 Å². The van der Waals surface area contributed by atoms with Gasteiger partial charge in [0, 0.05) is 13.6 Å².